The van der Waals surface area contributed by atoms with Crippen LogP contribution in [-0.4, -0.2) is 35.1 Å². The third kappa shape index (κ3) is 9.35. The summed E-state index contributed by atoms with van der Waals surface area (Å²) in [5.41, 5.74) is 0. The largest absolute Gasteiger partial charge is 0.480 e. The predicted octanol–water partition coefficient (Wildman–Crippen LogP) is 4.70. The van der Waals surface area contributed by atoms with Gasteiger partial charge in [-0.1, -0.05) is 65.7 Å². The third-order valence-electron chi connectivity index (χ3n) is 3.90. The molecule has 0 heterocycles. The van der Waals surface area contributed by atoms with E-state index in [1.165, 1.54) is 25.7 Å². The van der Waals surface area contributed by atoms with Gasteiger partial charge in [0, 0.05) is 0 Å². The van der Waals surface area contributed by atoms with Gasteiger partial charge in [-0.3, -0.25) is 9.69 Å². The molecule has 0 radical (unpaired) electrons. The lowest BCUT2D eigenvalue weighted by Crippen LogP contribution is -2.42. The van der Waals surface area contributed by atoms with Crippen LogP contribution >= 0.6 is 0 Å². The Labute approximate surface area is 125 Å². The van der Waals surface area contributed by atoms with Gasteiger partial charge in [0.15, 0.2) is 0 Å². The molecule has 0 amide bonds. The Bertz CT molecular complexity index is 221. The molecule has 3 heteroatoms. The lowest BCUT2D eigenvalue weighted by atomic mass is 10.1. The Kier molecular flexibility index (Phi) is 13.0. The molecule has 20 heavy (non-hydrogen) atoms. The molecule has 0 fully saturated rings. The molecular formula is C17H35NO2. The van der Waals surface area contributed by atoms with Crippen LogP contribution in [0.3, 0.4) is 0 Å². The highest BCUT2D eigenvalue weighted by Crippen LogP contribution is 2.14. The Morgan fingerprint density at radius 1 is 0.850 bits per heavy atom. The molecule has 0 aromatic carbocycles. The molecule has 0 bridgehead atoms. The van der Waals surface area contributed by atoms with E-state index in [1.54, 1.807) is 0 Å². The van der Waals surface area contributed by atoms with Crippen molar-refractivity contribution in [2.75, 3.05) is 13.1 Å². The number of carboxylic acid groups (broad SMARTS) is 1. The topological polar surface area (TPSA) is 40.5 Å². The minimum absolute atomic E-state index is 0.268. The van der Waals surface area contributed by atoms with E-state index >= 15 is 0 Å². The van der Waals surface area contributed by atoms with Crippen molar-refractivity contribution in [1.29, 1.82) is 0 Å². The van der Waals surface area contributed by atoms with Gasteiger partial charge in [-0.2, -0.15) is 0 Å². The van der Waals surface area contributed by atoms with Gasteiger partial charge in [0.1, 0.15) is 6.04 Å². The zero-order valence-electron chi connectivity index (χ0n) is 13.9. The number of hydrogen-bond acceptors (Lipinski definition) is 2. The van der Waals surface area contributed by atoms with E-state index < -0.39 is 5.97 Å². The van der Waals surface area contributed by atoms with Crippen molar-refractivity contribution in [3.63, 3.8) is 0 Å². The Balaban J connectivity index is 4.40. The van der Waals surface area contributed by atoms with Crippen LogP contribution in [0.2, 0.25) is 0 Å². The summed E-state index contributed by atoms with van der Waals surface area (Å²) in [6.45, 7) is 8.44. The molecule has 0 aromatic heterocycles. The van der Waals surface area contributed by atoms with Crippen molar-refractivity contribution in [3.05, 3.63) is 0 Å². The molecule has 0 saturated carbocycles. The first-order chi connectivity index (χ1) is 9.67. The van der Waals surface area contributed by atoms with Gasteiger partial charge < -0.3 is 5.11 Å². The maximum absolute atomic E-state index is 11.6. The summed E-state index contributed by atoms with van der Waals surface area (Å²) in [5.74, 6) is -0.630. The van der Waals surface area contributed by atoms with Crippen LogP contribution in [0.15, 0.2) is 0 Å². The summed E-state index contributed by atoms with van der Waals surface area (Å²) in [4.78, 5) is 13.8. The molecule has 120 valence electrons. The average molecular weight is 285 g/mol. The molecule has 0 aliphatic heterocycles. The zero-order valence-corrected chi connectivity index (χ0v) is 13.9. The van der Waals surface area contributed by atoms with Gasteiger partial charge in [0.25, 0.3) is 0 Å². The van der Waals surface area contributed by atoms with Crippen molar-refractivity contribution in [1.82, 2.24) is 4.90 Å². The van der Waals surface area contributed by atoms with Crippen LogP contribution in [0.4, 0.5) is 0 Å². The van der Waals surface area contributed by atoms with Crippen molar-refractivity contribution >= 4 is 5.97 Å². The van der Waals surface area contributed by atoms with E-state index in [1.807, 2.05) is 0 Å². The summed E-state index contributed by atoms with van der Waals surface area (Å²) in [6.07, 6.45) is 11.2. The van der Waals surface area contributed by atoms with Gasteiger partial charge in [-0.15, -0.1) is 0 Å². The SMILES string of the molecule is CCCCC[C@@H](C(=O)O)N(CCCCC)CCCCC. The number of carboxylic acids is 1. The minimum Gasteiger partial charge on any atom is -0.480 e. The highest BCUT2D eigenvalue weighted by molar-refractivity contribution is 5.73. The van der Waals surface area contributed by atoms with Gasteiger partial charge in [-0.25, -0.2) is 0 Å². The second kappa shape index (κ2) is 13.4. The maximum Gasteiger partial charge on any atom is 0.320 e. The molecule has 0 spiro atoms. The molecular weight excluding hydrogens is 250 g/mol. The van der Waals surface area contributed by atoms with E-state index in [4.69, 9.17) is 0 Å². The van der Waals surface area contributed by atoms with E-state index in [2.05, 4.69) is 25.7 Å². The summed E-state index contributed by atoms with van der Waals surface area (Å²) >= 11 is 0. The Hall–Kier alpha value is -0.570. The number of aliphatic carboxylic acids is 1. The Morgan fingerprint density at radius 3 is 1.70 bits per heavy atom. The summed E-state index contributed by atoms with van der Waals surface area (Å²) in [5, 5.41) is 9.51. The molecule has 0 rings (SSSR count). The second-order valence-corrected chi connectivity index (χ2v) is 5.80. The molecule has 0 saturated heterocycles. The van der Waals surface area contributed by atoms with Gasteiger partial charge >= 0.3 is 5.97 Å². The summed E-state index contributed by atoms with van der Waals surface area (Å²) < 4.78 is 0. The van der Waals surface area contributed by atoms with Gasteiger partial charge in [0.2, 0.25) is 0 Å². The first-order valence-electron chi connectivity index (χ1n) is 8.64. The quantitative estimate of drug-likeness (QED) is 0.470. The van der Waals surface area contributed by atoms with Gasteiger partial charge in [0.05, 0.1) is 0 Å². The standard InChI is InChI=1S/C17H35NO2/c1-4-7-10-13-16(17(19)20)18(14-11-8-5-2)15-12-9-6-3/h16H,4-15H2,1-3H3,(H,19,20)/t16-/m0/s1. The normalized spacial score (nSPS) is 12.8. The molecule has 0 aromatic rings. The lowest BCUT2D eigenvalue weighted by molar-refractivity contribution is -0.143. The highest BCUT2D eigenvalue weighted by Gasteiger charge is 2.24. The number of rotatable bonds is 14. The molecule has 0 aliphatic carbocycles. The number of hydrogen-bond donors (Lipinski definition) is 1. The monoisotopic (exact) mass is 285 g/mol. The molecule has 0 aliphatic rings. The summed E-state index contributed by atoms with van der Waals surface area (Å²) in [6, 6.07) is -0.268. The van der Waals surface area contributed by atoms with Crippen LogP contribution < -0.4 is 0 Å². The minimum atomic E-state index is -0.630. The van der Waals surface area contributed by atoms with E-state index in [0.29, 0.717) is 0 Å². The predicted molar refractivity (Wildman–Crippen MR) is 86.2 cm³/mol. The number of carbonyl (C=O) groups is 1. The zero-order chi connectivity index (χ0) is 15.2. The van der Waals surface area contributed by atoms with Crippen LogP contribution in [0.1, 0.15) is 85.0 Å². The number of nitrogens with zero attached hydrogens (tertiary/aromatic N) is 1. The van der Waals surface area contributed by atoms with Crippen molar-refractivity contribution in [2.45, 2.75) is 91.0 Å². The highest BCUT2D eigenvalue weighted by atomic mass is 16.4. The van der Waals surface area contributed by atoms with E-state index in [9.17, 15) is 9.90 Å². The van der Waals surface area contributed by atoms with Crippen molar-refractivity contribution < 1.29 is 9.90 Å². The average Bonchev–Trinajstić information content (AvgIpc) is 2.42. The van der Waals surface area contributed by atoms with Crippen molar-refractivity contribution in [2.24, 2.45) is 0 Å². The van der Waals surface area contributed by atoms with E-state index in [0.717, 1.165) is 51.6 Å². The molecule has 3 nitrogen and oxygen atoms in total. The van der Waals surface area contributed by atoms with Gasteiger partial charge in [-0.05, 0) is 32.4 Å². The molecule has 0 unspecified atom stereocenters. The molecule has 1 atom stereocenters. The fourth-order valence-corrected chi connectivity index (χ4v) is 2.60. The summed E-state index contributed by atoms with van der Waals surface area (Å²) in [7, 11) is 0. The second-order valence-electron chi connectivity index (χ2n) is 5.80. The fraction of sp³-hybridized carbons (Fsp3) is 0.941. The maximum atomic E-state index is 11.6. The van der Waals surface area contributed by atoms with Crippen LogP contribution in [-0.2, 0) is 4.79 Å². The fourth-order valence-electron chi connectivity index (χ4n) is 2.60. The van der Waals surface area contributed by atoms with Crippen LogP contribution in [0, 0.1) is 0 Å². The Morgan fingerprint density at radius 2 is 1.30 bits per heavy atom. The van der Waals surface area contributed by atoms with Crippen LogP contribution in [0.5, 0.6) is 0 Å². The molecule has 1 N–H and O–H groups in total. The van der Waals surface area contributed by atoms with E-state index in [-0.39, 0.29) is 6.04 Å². The lowest BCUT2D eigenvalue weighted by Gasteiger charge is -2.29. The van der Waals surface area contributed by atoms with Crippen molar-refractivity contribution in [3.8, 4) is 0 Å². The third-order valence-corrected chi connectivity index (χ3v) is 3.90. The first-order valence-corrected chi connectivity index (χ1v) is 8.64. The smallest absolute Gasteiger partial charge is 0.320 e. The first kappa shape index (κ1) is 19.4. The number of unbranched alkanes of at least 4 members (excludes halogenated alkanes) is 6. The van der Waals surface area contributed by atoms with Crippen LogP contribution in [0.25, 0.3) is 0 Å².